The van der Waals surface area contributed by atoms with Crippen LogP contribution in [0, 0.1) is 5.92 Å². The highest BCUT2D eigenvalue weighted by Gasteiger charge is 2.10. The Kier molecular flexibility index (Phi) is 6.32. The number of hydrogen-bond donors (Lipinski definition) is 1. The van der Waals surface area contributed by atoms with E-state index in [0.29, 0.717) is 23.4 Å². The number of amides is 1. The molecule has 1 amide bonds. The van der Waals surface area contributed by atoms with E-state index in [4.69, 9.17) is 0 Å². The largest absolute Gasteiger partial charge is 0.354 e. The van der Waals surface area contributed by atoms with E-state index in [2.05, 4.69) is 24.1 Å². The molecule has 23 heavy (non-hydrogen) atoms. The number of hydrogen-bond acceptors (Lipinski definition) is 3. The van der Waals surface area contributed by atoms with Crippen LogP contribution in [0.25, 0.3) is 10.9 Å². The highest BCUT2D eigenvalue weighted by Crippen LogP contribution is 2.11. The molecule has 0 aliphatic carbocycles. The van der Waals surface area contributed by atoms with Crippen molar-refractivity contribution in [2.24, 2.45) is 5.92 Å². The Morgan fingerprint density at radius 1 is 1.30 bits per heavy atom. The molecule has 2 aromatic rings. The third-order valence-electron chi connectivity index (χ3n) is 4.18. The first-order valence-corrected chi connectivity index (χ1v) is 8.36. The summed E-state index contributed by atoms with van der Waals surface area (Å²) in [6.07, 6.45) is 5.98. The zero-order chi connectivity index (χ0) is 16.7. The number of rotatable bonds is 8. The lowest BCUT2D eigenvalue weighted by atomic mass is 9.99. The van der Waals surface area contributed by atoms with Crippen molar-refractivity contribution in [1.82, 2.24) is 14.9 Å². The van der Waals surface area contributed by atoms with Crippen molar-refractivity contribution in [3.8, 4) is 0 Å². The van der Waals surface area contributed by atoms with E-state index < -0.39 is 0 Å². The lowest BCUT2D eigenvalue weighted by Gasteiger charge is -2.15. The van der Waals surface area contributed by atoms with Crippen molar-refractivity contribution < 1.29 is 4.79 Å². The molecule has 5 heteroatoms. The predicted molar refractivity (Wildman–Crippen MR) is 92.3 cm³/mol. The minimum atomic E-state index is -0.177. The van der Waals surface area contributed by atoms with Crippen LogP contribution in [0.2, 0.25) is 0 Å². The lowest BCUT2D eigenvalue weighted by Crippen LogP contribution is -2.35. The van der Waals surface area contributed by atoms with Crippen molar-refractivity contribution in [3.05, 3.63) is 40.9 Å². The van der Waals surface area contributed by atoms with Crippen LogP contribution < -0.4 is 10.9 Å². The van der Waals surface area contributed by atoms with Gasteiger partial charge in [-0.1, -0.05) is 45.2 Å². The van der Waals surface area contributed by atoms with Gasteiger partial charge in [-0.25, -0.2) is 4.98 Å². The minimum Gasteiger partial charge on any atom is -0.354 e. The molecule has 0 aliphatic rings. The minimum absolute atomic E-state index is 0.0148. The summed E-state index contributed by atoms with van der Waals surface area (Å²) in [4.78, 5) is 28.7. The van der Waals surface area contributed by atoms with Gasteiger partial charge in [0.1, 0.15) is 6.54 Å². The van der Waals surface area contributed by atoms with Gasteiger partial charge < -0.3 is 5.32 Å². The van der Waals surface area contributed by atoms with Gasteiger partial charge in [-0.2, -0.15) is 0 Å². The van der Waals surface area contributed by atoms with Gasteiger partial charge >= 0.3 is 0 Å². The first-order chi connectivity index (χ1) is 11.2. The molecule has 0 fully saturated rings. The van der Waals surface area contributed by atoms with E-state index in [-0.39, 0.29) is 18.0 Å². The summed E-state index contributed by atoms with van der Waals surface area (Å²) >= 11 is 0. The van der Waals surface area contributed by atoms with Crippen molar-refractivity contribution in [3.63, 3.8) is 0 Å². The number of carbonyl (C=O) groups excluding carboxylic acids is 1. The van der Waals surface area contributed by atoms with E-state index in [9.17, 15) is 9.59 Å². The second kappa shape index (κ2) is 8.46. The number of fused-ring (bicyclic) bond motifs is 1. The van der Waals surface area contributed by atoms with Crippen LogP contribution in [-0.4, -0.2) is 22.0 Å². The zero-order valence-corrected chi connectivity index (χ0v) is 13.9. The molecule has 1 heterocycles. The molecule has 2 rings (SSSR count). The average Bonchev–Trinajstić information content (AvgIpc) is 2.58. The Hall–Kier alpha value is -2.17. The quantitative estimate of drug-likeness (QED) is 0.814. The average molecular weight is 315 g/mol. The van der Waals surface area contributed by atoms with Gasteiger partial charge in [-0.15, -0.1) is 0 Å². The molecule has 1 N–H and O–H groups in total. The number of aromatic nitrogens is 2. The second-order valence-electron chi connectivity index (χ2n) is 5.92. The number of benzene rings is 1. The molecular weight excluding hydrogens is 290 g/mol. The van der Waals surface area contributed by atoms with Gasteiger partial charge in [-0.3, -0.25) is 14.2 Å². The van der Waals surface area contributed by atoms with E-state index >= 15 is 0 Å². The lowest BCUT2D eigenvalue weighted by molar-refractivity contribution is -0.121. The molecule has 0 saturated carbocycles. The van der Waals surface area contributed by atoms with E-state index in [0.717, 1.165) is 12.8 Å². The van der Waals surface area contributed by atoms with Gasteiger partial charge in [0.05, 0.1) is 17.2 Å². The molecule has 0 spiro atoms. The maximum atomic E-state index is 12.3. The molecular formula is C18H25N3O2. The fourth-order valence-electron chi connectivity index (χ4n) is 2.63. The summed E-state index contributed by atoms with van der Waals surface area (Å²) in [5.41, 5.74) is 0.476. The molecule has 1 atom stereocenters. The number of nitrogens with zero attached hydrogens (tertiary/aromatic N) is 2. The molecule has 0 bridgehead atoms. The molecule has 1 aromatic heterocycles. The Morgan fingerprint density at radius 3 is 2.83 bits per heavy atom. The van der Waals surface area contributed by atoms with Crippen LogP contribution in [0.5, 0.6) is 0 Å². The van der Waals surface area contributed by atoms with Crippen LogP contribution >= 0.6 is 0 Å². The SMILES string of the molecule is CCCC[C@H](CC)CNC(=O)Cn1cnc2ccccc2c1=O. The maximum Gasteiger partial charge on any atom is 0.261 e. The first-order valence-electron chi connectivity index (χ1n) is 8.36. The van der Waals surface area contributed by atoms with Crippen molar-refractivity contribution in [1.29, 1.82) is 0 Å². The van der Waals surface area contributed by atoms with Crippen LogP contribution in [0.4, 0.5) is 0 Å². The summed E-state index contributed by atoms with van der Waals surface area (Å²) in [5, 5.41) is 3.48. The van der Waals surface area contributed by atoms with Crippen molar-refractivity contribution in [2.45, 2.75) is 46.1 Å². The smallest absolute Gasteiger partial charge is 0.261 e. The molecule has 0 radical (unpaired) electrons. The van der Waals surface area contributed by atoms with E-state index in [1.54, 1.807) is 18.2 Å². The normalized spacial score (nSPS) is 12.3. The fraction of sp³-hybridized carbons (Fsp3) is 0.500. The second-order valence-corrected chi connectivity index (χ2v) is 5.92. The van der Waals surface area contributed by atoms with E-state index in [1.165, 1.54) is 23.7 Å². The summed E-state index contributed by atoms with van der Waals surface area (Å²) in [5.74, 6) is 0.365. The summed E-state index contributed by atoms with van der Waals surface area (Å²) < 4.78 is 1.37. The monoisotopic (exact) mass is 315 g/mol. The van der Waals surface area contributed by atoms with Gasteiger partial charge in [-0.05, 0) is 24.5 Å². The van der Waals surface area contributed by atoms with Gasteiger partial charge in [0.25, 0.3) is 5.56 Å². The summed E-state index contributed by atoms with van der Waals surface area (Å²) in [6, 6.07) is 7.17. The Balaban J connectivity index is 1.98. The highest BCUT2D eigenvalue weighted by atomic mass is 16.2. The third kappa shape index (κ3) is 4.65. The van der Waals surface area contributed by atoms with Gasteiger partial charge in [0, 0.05) is 6.54 Å². The highest BCUT2D eigenvalue weighted by molar-refractivity contribution is 5.78. The molecule has 0 aliphatic heterocycles. The third-order valence-corrected chi connectivity index (χ3v) is 4.18. The van der Waals surface area contributed by atoms with E-state index in [1.807, 2.05) is 6.07 Å². The standard InChI is InChI=1S/C18H25N3O2/c1-3-5-8-14(4-2)11-19-17(22)12-21-13-20-16-10-7-6-9-15(16)18(21)23/h6-7,9-10,13-14H,3-5,8,11-12H2,1-2H3,(H,19,22)/t14-/m0/s1. The summed E-state index contributed by atoms with van der Waals surface area (Å²) in [6.45, 7) is 5.00. The Labute approximate surface area is 136 Å². The van der Waals surface area contributed by atoms with Crippen LogP contribution in [0.15, 0.2) is 35.4 Å². The topological polar surface area (TPSA) is 64.0 Å². The van der Waals surface area contributed by atoms with Crippen molar-refractivity contribution >= 4 is 16.8 Å². The molecule has 0 unspecified atom stereocenters. The zero-order valence-electron chi connectivity index (χ0n) is 13.9. The Morgan fingerprint density at radius 2 is 2.09 bits per heavy atom. The molecule has 124 valence electrons. The van der Waals surface area contributed by atoms with Crippen molar-refractivity contribution in [2.75, 3.05) is 6.54 Å². The molecule has 0 saturated heterocycles. The van der Waals surface area contributed by atoms with Crippen LogP contribution in [-0.2, 0) is 11.3 Å². The van der Waals surface area contributed by atoms with Gasteiger partial charge in [0.15, 0.2) is 0 Å². The Bertz CT molecular complexity index is 709. The maximum absolute atomic E-state index is 12.3. The number of nitrogens with one attached hydrogen (secondary N) is 1. The fourth-order valence-corrected chi connectivity index (χ4v) is 2.63. The first kappa shape index (κ1) is 17.2. The van der Waals surface area contributed by atoms with Crippen LogP contribution in [0.1, 0.15) is 39.5 Å². The van der Waals surface area contributed by atoms with Gasteiger partial charge in [0.2, 0.25) is 5.91 Å². The number of carbonyl (C=O) groups is 1. The summed E-state index contributed by atoms with van der Waals surface area (Å²) in [7, 11) is 0. The molecule has 1 aromatic carbocycles. The number of para-hydroxylation sites is 1. The predicted octanol–water partition coefficient (Wildman–Crippen LogP) is 2.73. The van der Waals surface area contributed by atoms with Crippen LogP contribution in [0.3, 0.4) is 0 Å². The number of unbranched alkanes of at least 4 members (excludes halogenated alkanes) is 1. The molecule has 5 nitrogen and oxygen atoms in total.